The number of thiocarbonyl (C=S) groups is 1. The monoisotopic (exact) mass is 439 g/mol. The maximum absolute atomic E-state index is 12.3. The predicted octanol–water partition coefficient (Wildman–Crippen LogP) is 3.89. The highest BCUT2D eigenvalue weighted by atomic mass is 35.5. The smallest absolute Gasteiger partial charge is 0.410 e. The Bertz CT molecular complexity index is 843. The molecule has 28 heavy (non-hydrogen) atoms. The summed E-state index contributed by atoms with van der Waals surface area (Å²) in [5, 5.41) is 3.18. The van der Waals surface area contributed by atoms with Crippen molar-refractivity contribution < 1.29 is 14.3 Å². The Labute approximate surface area is 179 Å². The number of carbonyl (C=O) groups excluding carboxylic acids is 2. The van der Waals surface area contributed by atoms with Crippen LogP contribution in [0.1, 0.15) is 26.3 Å². The van der Waals surface area contributed by atoms with Gasteiger partial charge in [-0.05, 0) is 39.0 Å². The third kappa shape index (κ3) is 4.98. The van der Waals surface area contributed by atoms with Crippen LogP contribution in [-0.2, 0) is 9.53 Å². The van der Waals surface area contributed by atoms with E-state index in [1.807, 2.05) is 32.9 Å². The molecule has 0 radical (unpaired) electrons. The zero-order chi connectivity index (χ0) is 20.5. The van der Waals surface area contributed by atoms with E-state index in [1.54, 1.807) is 17.0 Å². The van der Waals surface area contributed by atoms with Crippen molar-refractivity contribution in [2.75, 3.05) is 31.1 Å². The first-order valence-electron chi connectivity index (χ1n) is 8.90. The van der Waals surface area contributed by atoms with Gasteiger partial charge in [-0.1, -0.05) is 41.6 Å². The minimum absolute atomic E-state index is 0.212. The maximum atomic E-state index is 12.3. The van der Waals surface area contributed by atoms with Crippen LogP contribution >= 0.6 is 35.6 Å². The summed E-state index contributed by atoms with van der Waals surface area (Å²) in [5.74, 6) is -0.212. The SMILES string of the molecule is CC(C)(C)OC(=O)N1CCN(c2cccc(Cl)c2/C=C2\SC(=S)NC2=O)CC1. The van der Waals surface area contributed by atoms with Gasteiger partial charge in [-0.2, -0.15) is 0 Å². The fourth-order valence-electron chi connectivity index (χ4n) is 2.95. The molecular weight excluding hydrogens is 418 g/mol. The number of ether oxygens (including phenoxy) is 1. The van der Waals surface area contributed by atoms with Crippen LogP contribution in [0.25, 0.3) is 6.08 Å². The van der Waals surface area contributed by atoms with Gasteiger partial charge in [-0.3, -0.25) is 4.79 Å². The third-order valence-corrected chi connectivity index (χ3v) is 5.71. The molecule has 0 saturated carbocycles. The minimum Gasteiger partial charge on any atom is -0.444 e. The van der Waals surface area contributed by atoms with Gasteiger partial charge >= 0.3 is 6.09 Å². The van der Waals surface area contributed by atoms with Crippen LogP contribution in [0.15, 0.2) is 23.1 Å². The summed E-state index contributed by atoms with van der Waals surface area (Å²) in [7, 11) is 0. The number of rotatable bonds is 2. The molecule has 0 aromatic heterocycles. The first-order valence-corrected chi connectivity index (χ1v) is 10.5. The Morgan fingerprint density at radius 1 is 1.29 bits per heavy atom. The molecule has 3 rings (SSSR count). The van der Waals surface area contributed by atoms with E-state index in [-0.39, 0.29) is 12.0 Å². The number of nitrogens with zero attached hydrogens (tertiary/aromatic N) is 2. The number of nitrogens with one attached hydrogen (secondary N) is 1. The van der Waals surface area contributed by atoms with Crippen LogP contribution in [0.5, 0.6) is 0 Å². The molecule has 1 aromatic carbocycles. The quantitative estimate of drug-likeness (QED) is 0.557. The summed E-state index contributed by atoms with van der Waals surface area (Å²) in [5.41, 5.74) is 1.19. The Kier molecular flexibility index (Phi) is 6.21. The van der Waals surface area contributed by atoms with Crippen molar-refractivity contribution in [2.24, 2.45) is 0 Å². The number of halogens is 1. The molecule has 2 amide bonds. The largest absolute Gasteiger partial charge is 0.444 e. The summed E-state index contributed by atoms with van der Waals surface area (Å²) in [6.45, 7) is 7.97. The molecule has 0 atom stereocenters. The van der Waals surface area contributed by atoms with Gasteiger partial charge in [0.05, 0.1) is 4.91 Å². The summed E-state index contributed by atoms with van der Waals surface area (Å²) >= 11 is 12.7. The molecule has 0 bridgehead atoms. The highest BCUT2D eigenvalue weighted by molar-refractivity contribution is 8.26. The Balaban J connectivity index is 1.76. The van der Waals surface area contributed by atoms with Crippen LogP contribution in [0.3, 0.4) is 0 Å². The van der Waals surface area contributed by atoms with Crippen molar-refractivity contribution in [3.8, 4) is 0 Å². The molecule has 0 unspecified atom stereocenters. The van der Waals surface area contributed by atoms with E-state index in [4.69, 9.17) is 28.6 Å². The second-order valence-electron chi connectivity index (χ2n) is 7.48. The molecule has 9 heteroatoms. The molecule has 1 N–H and O–H groups in total. The lowest BCUT2D eigenvalue weighted by atomic mass is 10.1. The van der Waals surface area contributed by atoms with Gasteiger partial charge in [-0.15, -0.1) is 0 Å². The number of anilines is 1. The number of amides is 2. The molecule has 2 heterocycles. The molecule has 6 nitrogen and oxygen atoms in total. The van der Waals surface area contributed by atoms with Crippen molar-refractivity contribution in [3.05, 3.63) is 33.7 Å². The van der Waals surface area contributed by atoms with Crippen molar-refractivity contribution >= 4 is 63.7 Å². The van der Waals surface area contributed by atoms with Crippen LogP contribution in [-0.4, -0.2) is 53.0 Å². The molecule has 150 valence electrons. The summed E-state index contributed by atoms with van der Waals surface area (Å²) in [6, 6.07) is 5.65. The highest BCUT2D eigenvalue weighted by Gasteiger charge is 2.28. The van der Waals surface area contributed by atoms with Crippen molar-refractivity contribution in [3.63, 3.8) is 0 Å². The zero-order valence-electron chi connectivity index (χ0n) is 16.0. The molecule has 0 aliphatic carbocycles. The Morgan fingerprint density at radius 2 is 1.96 bits per heavy atom. The number of hydrogen-bond acceptors (Lipinski definition) is 6. The van der Waals surface area contributed by atoms with Crippen LogP contribution in [0.2, 0.25) is 5.02 Å². The number of thioether (sulfide) groups is 1. The van der Waals surface area contributed by atoms with Crippen LogP contribution in [0, 0.1) is 0 Å². The molecule has 2 aliphatic rings. The summed E-state index contributed by atoms with van der Waals surface area (Å²) in [4.78, 5) is 28.7. The molecule has 2 saturated heterocycles. The predicted molar refractivity (Wildman–Crippen MR) is 118 cm³/mol. The van der Waals surface area contributed by atoms with E-state index in [9.17, 15) is 9.59 Å². The maximum Gasteiger partial charge on any atom is 0.410 e. The summed E-state index contributed by atoms with van der Waals surface area (Å²) < 4.78 is 5.89. The lowest BCUT2D eigenvalue weighted by Gasteiger charge is -2.37. The second kappa shape index (κ2) is 8.31. The number of hydrogen-bond donors (Lipinski definition) is 1. The van der Waals surface area contributed by atoms with Gasteiger partial charge in [-0.25, -0.2) is 4.79 Å². The van der Waals surface area contributed by atoms with Crippen molar-refractivity contribution in [1.29, 1.82) is 0 Å². The van der Waals surface area contributed by atoms with Gasteiger partial charge in [0, 0.05) is 42.5 Å². The van der Waals surface area contributed by atoms with E-state index in [0.717, 1.165) is 11.3 Å². The van der Waals surface area contributed by atoms with E-state index >= 15 is 0 Å². The topological polar surface area (TPSA) is 61.9 Å². The van der Waals surface area contributed by atoms with E-state index in [0.29, 0.717) is 40.4 Å². The Hall–Kier alpha value is -1.77. The first kappa shape index (κ1) is 21.0. The van der Waals surface area contributed by atoms with Gasteiger partial charge < -0.3 is 19.9 Å². The third-order valence-electron chi connectivity index (χ3n) is 4.22. The van der Waals surface area contributed by atoms with E-state index in [1.165, 1.54) is 11.8 Å². The lowest BCUT2D eigenvalue weighted by molar-refractivity contribution is -0.115. The van der Waals surface area contributed by atoms with Crippen LogP contribution in [0.4, 0.5) is 10.5 Å². The first-order chi connectivity index (χ1) is 13.1. The average Bonchev–Trinajstić information content (AvgIpc) is 2.92. The van der Waals surface area contributed by atoms with Crippen molar-refractivity contribution in [1.82, 2.24) is 10.2 Å². The van der Waals surface area contributed by atoms with Gasteiger partial charge in [0.25, 0.3) is 5.91 Å². The van der Waals surface area contributed by atoms with Gasteiger partial charge in [0.2, 0.25) is 0 Å². The normalized spacial score (nSPS) is 19.2. The second-order valence-corrected chi connectivity index (χ2v) is 9.61. The molecule has 2 fully saturated rings. The minimum atomic E-state index is -0.513. The van der Waals surface area contributed by atoms with E-state index in [2.05, 4.69) is 10.2 Å². The standard InChI is InChI=1S/C19H22ClN3O3S2/c1-19(2,3)26-18(25)23-9-7-22(8-10-23)14-6-4-5-13(20)12(14)11-15-16(24)21-17(27)28-15/h4-6,11H,7-10H2,1-3H3,(H,21,24,27)/b15-11-. The Morgan fingerprint density at radius 3 is 2.54 bits per heavy atom. The molecule has 1 aromatic rings. The van der Waals surface area contributed by atoms with Crippen LogP contribution < -0.4 is 10.2 Å². The number of benzene rings is 1. The number of carbonyl (C=O) groups is 2. The average molecular weight is 440 g/mol. The number of piperazine rings is 1. The summed E-state index contributed by atoms with van der Waals surface area (Å²) in [6.07, 6.45) is 1.48. The van der Waals surface area contributed by atoms with E-state index < -0.39 is 5.60 Å². The fraction of sp³-hybridized carbons (Fsp3) is 0.421. The van der Waals surface area contributed by atoms with Gasteiger partial charge in [0.15, 0.2) is 0 Å². The molecular formula is C19H22ClN3O3S2. The lowest BCUT2D eigenvalue weighted by Crippen LogP contribution is -2.50. The highest BCUT2D eigenvalue weighted by Crippen LogP contribution is 2.34. The molecule has 2 aliphatic heterocycles. The molecule has 0 spiro atoms. The zero-order valence-corrected chi connectivity index (χ0v) is 18.3. The van der Waals surface area contributed by atoms with Crippen molar-refractivity contribution in [2.45, 2.75) is 26.4 Å². The van der Waals surface area contributed by atoms with Gasteiger partial charge in [0.1, 0.15) is 9.92 Å². The fourth-order valence-corrected chi connectivity index (χ4v) is 4.20.